The molecule has 0 fully saturated rings. The fourth-order valence-electron chi connectivity index (χ4n) is 3.20. The predicted octanol–water partition coefficient (Wildman–Crippen LogP) is 2.72. The van der Waals surface area contributed by atoms with E-state index in [0.29, 0.717) is 0 Å². The van der Waals surface area contributed by atoms with Crippen LogP contribution in [-0.4, -0.2) is 47.3 Å². The summed E-state index contributed by atoms with van der Waals surface area (Å²) in [6.45, 7) is 2.84. The van der Waals surface area contributed by atoms with E-state index < -0.39 is 0 Å². The molecule has 0 aliphatic carbocycles. The van der Waals surface area contributed by atoms with Crippen LogP contribution in [0.2, 0.25) is 0 Å². The lowest BCUT2D eigenvalue weighted by molar-refractivity contribution is 0.439. The molecule has 0 atom stereocenters. The van der Waals surface area contributed by atoms with E-state index in [9.17, 15) is 0 Å². The van der Waals surface area contributed by atoms with Gasteiger partial charge in [0.1, 0.15) is 0 Å². The Balaban J connectivity index is 1.46. The smallest absolute Gasteiger partial charge is 0.193 e. The van der Waals surface area contributed by atoms with Gasteiger partial charge in [0.05, 0.1) is 6.20 Å². The number of nitrogens with one attached hydrogen (secondary N) is 1. The van der Waals surface area contributed by atoms with E-state index in [4.69, 9.17) is 0 Å². The molecule has 1 aromatic carbocycles. The summed E-state index contributed by atoms with van der Waals surface area (Å²) in [7, 11) is 3.82. The quantitative estimate of drug-likeness (QED) is 0.518. The second kappa shape index (κ2) is 8.51. The van der Waals surface area contributed by atoms with E-state index >= 15 is 0 Å². The van der Waals surface area contributed by atoms with Crippen LogP contribution in [0, 0.1) is 0 Å². The highest BCUT2D eigenvalue weighted by molar-refractivity contribution is 5.81. The molecule has 0 unspecified atom stereocenters. The van der Waals surface area contributed by atoms with Crippen LogP contribution in [0.5, 0.6) is 0 Å². The minimum absolute atomic E-state index is 0.909. The zero-order chi connectivity index (χ0) is 17.5. The number of nitrogens with zero attached hydrogens (tertiary/aromatic N) is 4. The third-order valence-electron chi connectivity index (χ3n) is 4.55. The lowest BCUT2D eigenvalue weighted by Gasteiger charge is -2.29. The summed E-state index contributed by atoms with van der Waals surface area (Å²) in [6, 6.07) is 10.6. The standard InChI is InChI=1S/C20H27N5/c1-21-20(22-12-6-7-17-15-23-24(2)16-17)25-13-10-19(11-14-25)18-8-4-3-5-9-18/h3-5,8-10,15-16H,6-7,11-14H2,1-2H3,(H,21,22). The molecule has 0 bridgehead atoms. The Hall–Kier alpha value is -2.56. The summed E-state index contributed by atoms with van der Waals surface area (Å²) in [5.74, 6) is 0.995. The fourth-order valence-corrected chi connectivity index (χ4v) is 3.20. The van der Waals surface area contributed by atoms with Gasteiger partial charge in [0.15, 0.2) is 5.96 Å². The number of aromatic nitrogens is 2. The highest BCUT2D eigenvalue weighted by Crippen LogP contribution is 2.21. The molecule has 5 heteroatoms. The maximum absolute atomic E-state index is 4.44. The number of aliphatic imine (C=N–C) groups is 1. The van der Waals surface area contributed by atoms with Crippen LogP contribution >= 0.6 is 0 Å². The Labute approximate surface area is 150 Å². The lowest BCUT2D eigenvalue weighted by Crippen LogP contribution is -2.43. The minimum atomic E-state index is 0.909. The Bertz CT molecular complexity index is 730. The first kappa shape index (κ1) is 17.3. The van der Waals surface area contributed by atoms with Crippen LogP contribution < -0.4 is 5.32 Å². The largest absolute Gasteiger partial charge is 0.356 e. The lowest BCUT2D eigenvalue weighted by atomic mass is 10.00. The molecule has 2 aromatic rings. The monoisotopic (exact) mass is 337 g/mol. The molecule has 1 aromatic heterocycles. The van der Waals surface area contributed by atoms with Crippen molar-refractivity contribution in [2.24, 2.45) is 12.0 Å². The number of rotatable bonds is 5. The third-order valence-corrected chi connectivity index (χ3v) is 4.55. The summed E-state index contributed by atoms with van der Waals surface area (Å²) >= 11 is 0. The number of benzene rings is 1. The van der Waals surface area contributed by atoms with Gasteiger partial charge in [-0.1, -0.05) is 36.4 Å². The molecule has 0 amide bonds. The van der Waals surface area contributed by atoms with Crippen molar-refractivity contribution in [3.8, 4) is 0 Å². The summed E-state index contributed by atoms with van der Waals surface area (Å²) in [5.41, 5.74) is 4.05. The molecular weight excluding hydrogens is 310 g/mol. The van der Waals surface area contributed by atoms with Crippen molar-refractivity contribution in [3.63, 3.8) is 0 Å². The molecule has 0 spiro atoms. The molecule has 0 radical (unpaired) electrons. The van der Waals surface area contributed by atoms with Crippen LogP contribution in [0.3, 0.4) is 0 Å². The third kappa shape index (κ3) is 4.72. The van der Waals surface area contributed by atoms with Crippen molar-refractivity contribution in [1.29, 1.82) is 0 Å². The first-order valence-corrected chi connectivity index (χ1v) is 8.94. The van der Waals surface area contributed by atoms with Crippen LogP contribution in [-0.2, 0) is 13.5 Å². The van der Waals surface area contributed by atoms with Gasteiger partial charge < -0.3 is 10.2 Å². The van der Waals surface area contributed by atoms with Crippen LogP contribution in [0.4, 0.5) is 0 Å². The molecule has 25 heavy (non-hydrogen) atoms. The predicted molar refractivity (Wildman–Crippen MR) is 103 cm³/mol. The second-order valence-corrected chi connectivity index (χ2v) is 6.39. The number of hydrogen-bond acceptors (Lipinski definition) is 2. The van der Waals surface area contributed by atoms with E-state index in [1.54, 1.807) is 0 Å². The van der Waals surface area contributed by atoms with Crippen molar-refractivity contribution in [2.75, 3.05) is 26.7 Å². The van der Waals surface area contributed by atoms with Gasteiger partial charge >= 0.3 is 0 Å². The Morgan fingerprint density at radius 1 is 1.28 bits per heavy atom. The number of guanidine groups is 1. The summed E-state index contributed by atoms with van der Waals surface area (Å²) in [5, 5.41) is 7.70. The first-order chi connectivity index (χ1) is 12.3. The zero-order valence-electron chi connectivity index (χ0n) is 15.2. The molecular formula is C20H27N5. The maximum atomic E-state index is 4.44. The molecule has 0 saturated heterocycles. The molecule has 5 nitrogen and oxygen atoms in total. The number of hydrogen-bond donors (Lipinski definition) is 1. The highest BCUT2D eigenvalue weighted by Gasteiger charge is 2.15. The Kier molecular flexibility index (Phi) is 5.88. The normalized spacial score (nSPS) is 15.2. The molecule has 3 rings (SSSR count). The molecule has 1 N–H and O–H groups in total. The first-order valence-electron chi connectivity index (χ1n) is 8.94. The van der Waals surface area contributed by atoms with Gasteiger partial charge in [-0.2, -0.15) is 5.10 Å². The van der Waals surface area contributed by atoms with Gasteiger partial charge in [-0.25, -0.2) is 0 Å². The average molecular weight is 337 g/mol. The topological polar surface area (TPSA) is 45.5 Å². The van der Waals surface area contributed by atoms with Gasteiger partial charge in [0.25, 0.3) is 0 Å². The van der Waals surface area contributed by atoms with E-state index in [2.05, 4.69) is 62.9 Å². The van der Waals surface area contributed by atoms with Gasteiger partial charge in [-0.05, 0) is 36.0 Å². The Morgan fingerprint density at radius 2 is 2.12 bits per heavy atom. The maximum Gasteiger partial charge on any atom is 0.193 e. The Morgan fingerprint density at radius 3 is 2.76 bits per heavy atom. The van der Waals surface area contributed by atoms with Crippen molar-refractivity contribution in [1.82, 2.24) is 20.0 Å². The summed E-state index contributed by atoms with van der Waals surface area (Å²) in [4.78, 5) is 6.76. The highest BCUT2D eigenvalue weighted by atomic mass is 15.3. The van der Waals surface area contributed by atoms with Crippen molar-refractivity contribution in [3.05, 3.63) is 59.9 Å². The SMILES string of the molecule is CN=C(NCCCc1cnn(C)c1)N1CC=C(c2ccccc2)CC1. The van der Waals surface area contributed by atoms with E-state index in [0.717, 1.165) is 44.9 Å². The molecule has 1 aliphatic rings. The van der Waals surface area contributed by atoms with Crippen LogP contribution in [0.15, 0.2) is 53.8 Å². The molecule has 0 saturated carbocycles. The van der Waals surface area contributed by atoms with Crippen molar-refractivity contribution >= 4 is 11.5 Å². The molecule has 2 heterocycles. The molecule has 1 aliphatic heterocycles. The van der Waals surface area contributed by atoms with Gasteiger partial charge in [-0.3, -0.25) is 9.67 Å². The van der Waals surface area contributed by atoms with Crippen molar-refractivity contribution in [2.45, 2.75) is 19.3 Å². The molecule has 132 valence electrons. The average Bonchev–Trinajstić information content (AvgIpc) is 3.08. The van der Waals surface area contributed by atoms with E-state index in [-0.39, 0.29) is 0 Å². The van der Waals surface area contributed by atoms with E-state index in [1.807, 2.05) is 25.0 Å². The fraction of sp³-hybridized carbons (Fsp3) is 0.400. The van der Waals surface area contributed by atoms with Crippen LogP contribution in [0.25, 0.3) is 5.57 Å². The van der Waals surface area contributed by atoms with Gasteiger partial charge in [-0.15, -0.1) is 0 Å². The number of aryl methyl sites for hydroxylation is 2. The zero-order valence-corrected chi connectivity index (χ0v) is 15.2. The summed E-state index contributed by atoms with van der Waals surface area (Å²) in [6.07, 6.45) is 9.51. The second-order valence-electron chi connectivity index (χ2n) is 6.39. The summed E-state index contributed by atoms with van der Waals surface area (Å²) < 4.78 is 1.85. The van der Waals surface area contributed by atoms with Gasteiger partial charge in [0.2, 0.25) is 0 Å². The van der Waals surface area contributed by atoms with E-state index in [1.165, 1.54) is 16.7 Å². The minimum Gasteiger partial charge on any atom is -0.356 e. The van der Waals surface area contributed by atoms with Crippen molar-refractivity contribution < 1.29 is 0 Å². The van der Waals surface area contributed by atoms with Crippen LogP contribution in [0.1, 0.15) is 24.0 Å². The van der Waals surface area contributed by atoms with Gasteiger partial charge in [0, 0.05) is 39.9 Å².